The molecule has 3 heteroatoms. The topological polar surface area (TPSA) is 34.1 Å². The summed E-state index contributed by atoms with van der Waals surface area (Å²) in [7, 11) is 1.75. The Hall–Kier alpha value is -0.930. The van der Waals surface area contributed by atoms with Crippen molar-refractivity contribution in [3.8, 4) is 0 Å². The molecule has 3 nitrogen and oxygen atoms in total. The van der Waals surface area contributed by atoms with Crippen molar-refractivity contribution in [1.82, 2.24) is 10.3 Å². The molecule has 0 saturated carbocycles. The molecule has 1 heterocycles. The lowest BCUT2D eigenvalue weighted by Crippen LogP contribution is -2.30. The van der Waals surface area contributed by atoms with Crippen molar-refractivity contribution in [2.45, 2.75) is 38.8 Å². The highest BCUT2D eigenvalue weighted by molar-refractivity contribution is 5.07. The lowest BCUT2D eigenvalue weighted by atomic mass is 10.1. The standard InChI is InChI=1S/C13H22N2O/c1-11(12-7-5-6-9-15-12)14-10-8-13(2,3)16-4/h5-7,9,11,14H,8,10H2,1-4H3. The van der Waals surface area contributed by atoms with Gasteiger partial charge >= 0.3 is 0 Å². The van der Waals surface area contributed by atoms with Crippen molar-refractivity contribution in [3.63, 3.8) is 0 Å². The first kappa shape index (κ1) is 13.1. The van der Waals surface area contributed by atoms with Gasteiger partial charge in [-0.25, -0.2) is 0 Å². The van der Waals surface area contributed by atoms with E-state index < -0.39 is 0 Å². The van der Waals surface area contributed by atoms with Gasteiger partial charge in [-0.2, -0.15) is 0 Å². The molecule has 16 heavy (non-hydrogen) atoms. The summed E-state index contributed by atoms with van der Waals surface area (Å²) in [5.74, 6) is 0. The second-order valence-electron chi connectivity index (χ2n) is 4.64. The predicted octanol–water partition coefficient (Wildman–Crippen LogP) is 2.55. The maximum Gasteiger partial charge on any atom is 0.0634 e. The average molecular weight is 222 g/mol. The maximum atomic E-state index is 5.37. The molecule has 1 unspecified atom stereocenters. The van der Waals surface area contributed by atoms with Gasteiger partial charge in [-0.15, -0.1) is 0 Å². The highest BCUT2D eigenvalue weighted by Crippen LogP contribution is 2.13. The third-order valence-electron chi connectivity index (χ3n) is 2.86. The van der Waals surface area contributed by atoms with Crippen LogP contribution < -0.4 is 5.32 Å². The van der Waals surface area contributed by atoms with Crippen LogP contribution in [0.1, 0.15) is 38.9 Å². The van der Waals surface area contributed by atoms with Gasteiger partial charge in [-0.05, 0) is 45.9 Å². The number of pyridine rings is 1. The molecular formula is C13H22N2O. The van der Waals surface area contributed by atoms with Crippen molar-refractivity contribution in [2.24, 2.45) is 0 Å². The SMILES string of the molecule is COC(C)(C)CCNC(C)c1ccccn1. The van der Waals surface area contributed by atoms with E-state index in [4.69, 9.17) is 4.74 Å². The highest BCUT2D eigenvalue weighted by Gasteiger charge is 2.16. The smallest absolute Gasteiger partial charge is 0.0634 e. The minimum Gasteiger partial charge on any atom is -0.379 e. The van der Waals surface area contributed by atoms with Gasteiger partial charge < -0.3 is 10.1 Å². The van der Waals surface area contributed by atoms with Crippen LogP contribution in [0, 0.1) is 0 Å². The highest BCUT2D eigenvalue weighted by atomic mass is 16.5. The van der Waals surface area contributed by atoms with Gasteiger partial charge in [0.25, 0.3) is 0 Å². The molecular weight excluding hydrogens is 200 g/mol. The molecule has 0 aliphatic carbocycles. The van der Waals surface area contributed by atoms with Crippen molar-refractivity contribution < 1.29 is 4.74 Å². The Morgan fingerprint density at radius 2 is 2.19 bits per heavy atom. The fraction of sp³-hybridized carbons (Fsp3) is 0.615. The first-order chi connectivity index (χ1) is 7.55. The number of nitrogens with one attached hydrogen (secondary N) is 1. The Bertz CT molecular complexity index is 298. The Morgan fingerprint density at radius 1 is 1.44 bits per heavy atom. The van der Waals surface area contributed by atoms with Crippen LogP contribution in [0.4, 0.5) is 0 Å². The van der Waals surface area contributed by atoms with Gasteiger partial charge in [0.1, 0.15) is 0 Å². The number of nitrogens with zero attached hydrogens (tertiary/aromatic N) is 1. The minimum atomic E-state index is -0.0587. The molecule has 0 radical (unpaired) electrons. The maximum absolute atomic E-state index is 5.37. The first-order valence-corrected chi connectivity index (χ1v) is 5.74. The van der Waals surface area contributed by atoms with Crippen molar-refractivity contribution >= 4 is 0 Å². The zero-order valence-corrected chi connectivity index (χ0v) is 10.7. The van der Waals surface area contributed by atoms with Crippen LogP contribution in [0.25, 0.3) is 0 Å². The van der Waals surface area contributed by atoms with Crippen LogP contribution in [0.3, 0.4) is 0 Å². The van der Waals surface area contributed by atoms with Gasteiger partial charge in [-0.3, -0.25) is 4.98 Å². The van der Waals surface area contributed by atoms with E-state index in [2.05, 4.69) is 31.1 Å². The normalized spacial score (nSPS) is 13.8. The Balaban J connectivity index is 2.34. The zero-order chi connectivity index (χ0) is 12.0. The summed E-state index contributed by atoms with van der Waals surface area (Å²) >= 11 is 0. The Morgan fingerprint density at radius 3 is 2.75 bits per heavy atom. The van der Waals surface area contributed by atoms with Gasteiger partial charge in [0.15, 0.2) is 0 Å². The Labute approximate surface area is 98.2 Å². The van der Waals surface area contributed by atoms with E-state index in [-0.39, 0.29) is 11.6 Å². The van der Waals surface area contributed by atoms with E-state index in [1.807, 2.05) is 24.4 Å². The molecule has 0 bridgehead atoms. The van der Waals surface area contributed by atoms with Crippen LogP contribution in [-0.2, 0) is 4.74 Å². The number of hydrogen-bond acceptors (Lipinski definition) is 3. The van der Waals surface area contributed by atoms with E-state index in [9.17, 15) is 0 Å². The fourth-order valence-electron chi connectivity index (χ4n) is 1.43. The van der Waals surface area contributed by atoms with Gasteiger partial charge in [-0.1, -0.05) is 6.07 Å². The second-order valence-corrected chi connectivity index (χ2v) is 4.64. The van der Waals surface area contributed by atoms with Crippen LogP contribution in [0.2, 0.25) is 0 Å². The summed E-state index contributed by atoms with van der Waals surface area (Å²) in [4.78, 5) is 4.32. The molecule has 1 aromatic rings. The summed E-state index contributed by atoms with van der Waals surface area (Å²) in [6.45, 7) is 7.25. The molecule has 1 atom stereocenters. The second kappa shape index (κ2) is 5.97. The first-order valence-electron chi connectivity index (χ1n) is 5.74. The molecule has 0 amide bonds. The summed E-state index contributed by atoms with van der Waals surface area (Å²) in [5, 5.41) is 3.45. The third kappa shape index (κ3) is 4.29. The van der Waals surface area contributed by atoms with Crippen LogP contribution in [0.5, 0.6) is 0 Å². The summed E-state index contributed by atoms with van der Waals surface area (Å²) < 4.78 is 5.37. The lowest BCUT2D eigenvalue weighted by Gasteiger charge is -2.24. The molecule has 0 aromatic carbocycles. The van der Waals surface area contributed by atoms with Gasteiger partial charge in [0.05, 0.1) is 11.3 Å². The van der Waals surface area contributed by atoms with Crippen molar-refractivity contribution in [1.29, 1.82) is 0 Å². The molecule has 0 fully saturated rings. The molecule has 90 valence electrons. The quantitative estimate of drug-likeness (QED) is 0.803. The van der Waals surface area contributed by atoms with Gasteiger partial charge in [0, 0.05) is 19.3 Å². The molecule has 1 rings (SSSR count). The number of methoxy groups -OCH3 is 1. The van der Waals surface area contributed by atoms with E-state index in [0.29, 0.717) is 0 Å². The van der Waals surface area contributed by atoms with Gasteiger partial charge in [0.2, 0.25) is 0 Å². The van der Waals surface area contributed by atoms with Crippen LogP contribution in [0.15, 0.2) is 24.4 Å². The van der Waals surface area contributed by atoms with Crippen LogP contribution in [-0.4, -0.2) is 24.2 Å². The third-order valence-corrected chi connectivity index (χ3v) is 2.86. The van der Waals surface area contributed by atoms with Crippen molar-refractivity contribution in [3.05, 3.63) is 30.1 Å². The largest absolute Gasteiger partial charge is 0.379 e. The van der Waals surface area contributed by atoms with Crippen molar-refractivity contribution in [2.75, 3.05) is 13.7 Å². The molecule has 0 spiro atoms. The minimum absolute atomic E-state index is 0.0587. The number of ether oxygens (including phenoxy) is 1. The predicted molar refractivity (Wildman–Crippen MR) is 66.4 cm³/mol. The molecule has 0 saturated heterocycles. The molecule has 0 aliphatic rings. The van der Waals surface area contributed by atoms with Crippen LogP contribution >= 0.6 is 0 Å². The molecule has 0 aliphatic heterocycles. The van der Waals surface area contributed by atoms with E-state index in [0.717, 1.165) is 18.7 Å². The van der Waals surface area contributed by atoms with E-state index in [1.165, 1.54) is 0 Å². The summed E-state index contributed by atoms with van der Waals surface area (Å²) in [6, 6.07) is 6.28. The van der Waals surface area contributed by atoms with E-state index in [1.54, 1.807) is 7.11 Å². The molecule has 1 N–H and O–H groups in total. The summed E-state index contributed by atoms with van der Waals surface area (Å²) in [6.07, 6.45) is 2.81. The number of hydrogen-bond donors (Lipinski definition) is 1. The zero-order valence-electron chi connectivity index (χ0n) is 10.7. The fourth-order valence-corrected chi connectivity index (χ4v) is 1.43. The number of rotatable bonds is 6. The number of aromatic nitrogens is 1. The lowest BCUT2D eigenvalue weighted by molar-refractivity contribution is 0.0154. The average Bonchev–Trinajstić information content (AvgIpc) is 2.30. The molecule has 1 aromatic heterocycles. The monoisotopic (exact) mass is 222 g/mol. The van der Waals surface area contributed by atoms with E-state index >= 15 is 0 Å². The summed E-state index contributed by atoms with van der Waals surface area (Å²) in [5.41, 5.74) is 1.02. The Kier molecular flexibility index (Phi) is 4.90.